The van der Waals surface area contributed by atoms with Crippen LogP contribution in [0.1, 0.15) is 19.4 Å². The summed E-state index contributed by atoms with van der Waals surface area (Å²) in [6, 6.07) is 6.81. The molecule has 0 aliphatic carbocycles. The molecule has 3 heteroatoms. The van der Waals surface area contributed by atoms with Crippen LogP contribution in [-0.2, 0) is 11.3 Å². The van der Waals surface area contributed by atoms with Crippen molar-refractivity contribution in [2.45, 2.75) is 20.4 Å². The Morgan fingerprint density at radius 2 is 2.06 bits per heavy atom. The molecular weight excluding hydrogens is 205 g/mol. The molecule has 0 unspecified atom stereocenters. The van der Waals surface area contributed by atoms with Gasteiger partial charge in [0, 0.05) is 25.3 Å². The van der Waals surface area contributed by atoms with E-state index in [0.29, 0.717) is 24.6 Å². The van der Waals surface area contributed by atoms with E-state index in [1.807, 2.05) is 6.07 Å². The molecule has 1 rings (SSSR count). The highest BCUT2D eigenvalue weighted by Crippen LogP contribution is 2.05. The maximum Gasteiger partial charge on any atom is 0.127 e. The largest absolute Gasteiger partial charge is 0.380 e. The maximum atomic E-state index is 13.2. The van der Waals surface area contributed by atoms with Gasteiger partial charge >= 0.3 is 0 Å². The molecule has 0 aliphatic rings. The third kappa shape index (κ3) is 5.24. The number of benzene rings is 1. The third-order valence-corrected chi connectivity index (χ3v) is 2.15. The summed E-state index contributed by atoms with van der Waals surface area (Å²) < 4.78 is 18.6. The smallest absolute Gasteiger partial charge is 0.127 e. The fraction of sp³-hybridized carbons (Fsp3) is 0.538. The second-order valence-electron chi connectivity index (χ2n) is 4.24. The van der Waals surface area contributed by atoms with Gasteiger partial charge in [0.25, 0.3) is 0 Å². The van der Waals surface area contributed by atoms with Crippen molar-refractivity contribution in [3.8, 4) is 0 Å². The maximum absolute atomic E-state index is 13.2. The van der Waals surface area contributed by atoms with E-state index in [1.54, 1.807) is 12.1 Å². The predicted molar refractivity (Wildman–Crippen MR) is 63.8 cm³/mol. The lowest BCUT2D eigenvalue weighted by Crippen LogP contribution is -2.20. The first-order chi connectivity index (χ1) is 7.70. The summed E-state index contributed by atoms with van der Waals surface area (Å²) >= 11 is 0. The summed E-state index contributed by atoms with van der Waals surface area (Å²) in [5.41, 5.74) is 0.700. The molecule has 0 amide bonds. The molecular formula is C13H20FNO. The van der Waals surface area contributed by atoms with Gasteiger partial charge in [0.15, 0.2) is 0 Å². The van der Waals surface area contributed by atoms with E-state index in [9.17, 15) is 4.39 Å². The quantitative estimate of drug-likeness (QED) is 0.720. The second kappa shape index (κ2) is 7.36. The zero-order chi connectivity index (χ0) is 11.8. The molecule has 0 radical (unpaired) electrons. The van der Waals surface area contributed by atoms with Crippen LogP contribution in [0.5, 0.6) is 0 Å². The molecule has 0 heterocycles. The summed E-state index contributed by atoms with van der Waals surface area (Å²) in [4.78, 5) is 0. The van der Waals surface area contributed by atoms with Crippen molar-refractivity contribution < 1.29 is 9.13 Å². The van der Waals surface area contributed by atoms with Crippen molar-refractivity contribution >= 4 is 0 Å². The molecule has 0 aromatic heterocycles. The van der Waals surface area contributed by atoms with Gasteiger partial charge in [0.1, 0.15) is 5.82 Å². The molecule has 0 saturated carbocycles. The lowest BCUT2D eigenvalue weighted by molar-refractivity contribution is 0.111. The number of rotatable bonds is 7. The number of ether oxygens (including phenoxy) is 1. The zero-order valence-corrected chi connectivity index (χ0v) is 10.0. The molecule has 90 valence electrons. The van der Waals surface area contributed by atoms with Crippen molar-refractivity contribution in [3.05, 3.63) is 35.6 Å². The Kier molecular flexibility index (Phi) is 6.04. The number of hydrogen-bond donors (Lipinski definition) is 1. The van der Waals surface area contributed by atoms with E-state index in [4.69, 9.17) is 4.74 Å². The van der Waals surface area contributed by atoms with E-state index in [-0.39, 0.29) is 5.82 Å². The fourth-order valence-electron chi connectivity index (χ4n) is 1.33. The van der Waals surface area contributed by atoms with Gasteiger partial charge in [-0.05, 0) is 12.0 Å². The summed E-state index contributed by atoms with van der Waals surface area (Å²) in [6.45, 7) is 6.99. The zero-order valence-electron chi connectivity index (χ0n) is 10.0. The van der Waals surface area contributed by atoms with Crippen LogP contribution in [0.15, 0.2) is 24.3 Å². The van der Waals surface area contributed by atoms with Crippen LogP contribution >= 0.6 is 0 Å². The van der Waals surface area contributed by atoms with Crippen LogP contribution in [0.25, 0.3) is 0 Å². The van der Waals surface area contributed by atoms with Gasteiger partial charge in [-0.3, -0.25) is 0 Å². The summed E-state index contributed by atoms with van der Waals surface area (Å²) in [5, 5.41) is 3.15. The van der Waals surface area contributed by atoms with Crippen molar-refractivity contribution in [3.63, 3.8) is 0 Å². The molecule has 0 atom stereocenters. The van der Waals surface area contributed by atoms with Crippen LogP contribution in [0.3, 0.4) is 0 Å². The minimum Gasteiger partial charge on any atom is -0.380 e. The van der Waals surface area contributed by atoms with Crippen LogP contribution < -0.4 is 5.32 Å². The van der Waals surface area contributed by atoms with Crippen molar-refractivity contribution in [2.75, 3.05) is 19.8 Å². The van der Waals surface area contributed by atoms with Gasteiger partial charge < -0.3 is 10.1 Å². The monoisotopic (exact) mass is 225 g/mol. The van der Waals surface area contributed by atoms with Crippen LogP contribution in [0.2, 0.25) is 0 Å². The lowest BCUT2D eigenvalue weighted by atomic mass is 10.2. The third-order valence-electron chi connectivity index (χ3n) is 2.15. The van der Waals surface area contributed by atoms with E-state index in [2.05, 4.69) is 19.2 Å². The average Bonchev–Trinajstić information content (AvgIpc) is 2.25. The Balaban J connectivity index is 2.10. The Morgan fingerprint density at radius 1 is 1.31 bits per heavy atom. The Hall–Kier alpha value is -0.930. The minimum atomic E-state index is -0.155. The number of nitrogens with one attached hydrogen (secondary N) is 1. The second-order valence-corrected chi connectivity index (χ2v) is 4.24. The van der Waals surface area contributed by atoms with Gasteiger partial charge in [-0.2, -0.15) is 0 Å². The van der Waals surface area contributed by atoms with E-state index in [0.717, 1.165) is 13.2 Å². The highest BCUT2D eigenvalue weighted by atomic mass is 19.1. The molecule has 0 fully saturated rings. The van der Waals surface area contributed by atoms with E-state index in [1.165, 1.54) is 6.07 Å². The van der Waals surface area contributed by atoms with Crippen molar-refractivity contribution in [1.29, 1.82) is 0 Å². The number of hydrogen-bond acceptors (Lipinski definition) is 2. The van der Waals surface area contributed by atoms with Gasteiger partial charge in [-0.15, -0.1) is 0 Å². The SMILES string of the molecule is CC(C)COCCNCc1ccccc1F. The number of halogens is 1. The van der Waals surface area contributed by atoms with Gasteiger partial charge in [-0.25, -0.2) is 4.39 Å². The highest BCUT2D eigenvalue weighted by molar-refractivity contribution is 5.16. The molecule has 1 aromatic rings. The molecule has 0 aliphatic heterocycles. The topological polar surface area (TPSA) is 21.3 Å². The highest BCUT2D eigenvalue weighted by Gasteiger charge is 1.99. The lowest BCUT2D eigenvalue weighted by Gasteiger charge is -2.08. The Labute approximate surface area is 96.8 Å². The standard InChI is InChI=1S/C13H20FNO/c1-11(2)10-16-8-7-15-9-12-5-3-4-6-13(12)14/h3-6,11,15H,7-10H2,1-2H3. The van der Waals surface area contributed by atoms with Gasteiger partial charge in [0.2, 0.25) is 0 Å². The van der Waals surface area contributed by atoms with Crippen molar-refractivity contribution in [1.82, 2.24) is 5.32 Å². The fourth-order valence-corrected chi connectivity index (χ4v) is 1.33. The van der Waals surface area contributed by atoms with Crippen molar-refractivity contribution in [2.24, 2.45) is 5.92 Å². The molecule has 1 N–H and O–H groups in total. The molecule has 0 spiro atoms. The average molecular weight is 225 g/mol. The first-order valence-corrected chi connectivity index (χ1v) is 5.72. The van der Waals surface area contributed by atoms with Gasteiger partial charge in [-0.1, -0.05) is 32.0 Å². The normalized spacial score (nSPS) is 11.0. The molecule has 0 bridgehead atoms. The molecule has 0 saturated heterocycles. The minimum absolute atomic E-state index is 0.155. The Morgan fingerprint density at radius 3 is 2.75 bits per heavy atom. The van der Waals surface area contributed by atoms with Crippen LogP contribution in [0.4, 0.5) is 4.39 Å². The summed E-state index contributed by atoms with van der Waals surface area (Å²) in [6.07, 6.45) is 0. The first-order valence-electron chi connectivity index (χ1n) is 5.72. The van der Waals surface area contributed by atoms with E-state index >= 15 is 0 Å². The first kappa shape index (κ1) is 13.1. The summed E-state index contributed by atoms with van der Waals surface area (Å²) in [7, 11) is 0. The van der Waals surface area contributed by atoms with Gasteiger partial charge in [0.05, 0.1) is 6.61 Å². The molecule has 16 heavy (non-hydrogen) atoms. The van der Waals surface area contributed by atoms with Crippen LogP contribution in [-0.4, -0.2) is 19.8 Å². The van der Waals surface area contributed by atoms with Crippen LogP contribution in [0, 0.1) is 11.7 Å². The molecule has 2 nitrogen and oxygen atoms in total. The Bertz CT molecular complexity index is 302. The predicted octanol–water partition coefficient (Wildman–Crippen LogP) is 2.59. The van der Waals surface area contributed by atoms with E-state index < -0.39 is 0 Å². The summed E-state index contributed by atoms with van der Waals surface area (Å²) in [5.74, 6) is 0.407. The molecule has 1 aromatic carbocycles.